The van der Waals surface area contributed by atoms with Crippen LogP contribution in [0.2, 0.25) is 0 Å². The van der Waals surface area contributed by atoms with Crippen molar-refractivity contribution in [2.45, 2.75) is 70.9 Å². The molecule has 33 heavy (non-hydrogen) atoms. The van der Waals surface area contributed by atoms with E-state index in [1.807, 2.05) is 38.3 Å². The number of aryl methyl sites for hydroxylation is 1. The molecular formula is C25H34N2O5S. The van der Waals surface area contributed by atoms with Crippen LogP contribution in [0.5, 0.6) is 0 Å². The molecule has 1 aromatic heterocycles. The van der Waals surface area contributed by atoms with Crippen molar-refractivity contribution in [3.8, 4) is 0 Å². The molecule has 1 atom stereocenters. The van der Waals surface area contributed by atoms with Gasteiger partial charge in [-0.1, -0.05) is 0 Å². The lowest BCUT2D eigenvalue weighted by atomic mass is 9.96. The van der Waals surface area contributed by atoms with Crippen LogP contribution in [0.25, 0.3) is 10.9 Å². The van der Waals surface area contributed by atoms with Gasteiger partial charge in [0.1, 0.15) is 11.2 Å². The first-order valence-electron chi connectivity index (χ1n) is 11.5. The van der Waals surface area contributed by atoms with E-state index < -0.39 is 11.6 Å². The SMILES string of the molecule is CCOC(=O)c1cn2c3c(cc(SCCN(CC)C(=O)OC(C)(C)C)cc3c1=O)CCC2C. The molecule has 1 aliphatic rings. The highest BCUT2D eigenvalue weighted by Gasteiger charge is 2.25. The van der Waals surface area contributed by atoms with E-state index in [9.17, 15) is 14.4 Å². The van der Waals surface area contributed by atoms with Crippen molar-refractivity contribution in [3.63, 3.8) is 0 Å². The van der Waals surface area contributed by atoms with Crippen LogP contribution in [0, 0.1) is 0 Å². The van der Waals surface area contributed by atoms with Gasteiger partial charge in [-0.25, -0.2) is 9.59 Å². The van der Waals surface area contributed by atoms with Crippen LogP contribution in [-0.4, -0.2) is 52.6 Å². The van der Waals surface area contributed by atoms with Crippen molar-refractivity contribution in [2.75, 3.05) is 25.4 Å². The number of nitrogens with zero attached hydrogens (tertiary/aromatic N) is 2. The van der Waals surface area contributed by atoms with Gasteiger partial charge < -0.3 is 18.9 Å². The van der Waals surface area contributed by atoms with Crippen LogP contribution in [-0.2, 0) is 15.9 Å². The molecule has 1 amide bonds. The summed E-state index contributed by atoms with van der Waals surface area (Å²) in [6.45, 7) is 12.6. The lowest BCUT2D eigenvalue weighted by Crippen LogP contribution is -2.37. The number of hydrogen-bond acceptors (Lipinski definition) is 6. The number of rotatable bonds is 7. The monoisotopic (exact) mass is 474 g/mol. The average molecular weight is 475 g/mol. The summed E-state index contributed by atoms with van der Waals surface area (Å²) >= 11 is 1.59. The zero-order valence-electron chi connectivity index (χ0n) is 20.4. The van der Waals surface area contributed by atoms with Gasteiger partial charge in [-0.05, 0) is 72.1 Å². The predicted molar refractivity (Wildman–Crippen MR) is 131 cm³/mol. The van der Waals surface area contributed by atoms with Crippen LogP contribution in [0.3, 0.4) is 0 Å². The van der Waals surface area contributed by atoms with Crippen molar-refractivity contribution in [2.24, 2.45) is 0 Å². The maximum absolute atomic E-state index is 13.2. The third kappa shape index (κ3) is 5.72. The molecule has 0 N–H and O–H groups in total. The summed E-state index contributed by atoms with van der Waals surface area (Å²) in [7, 11) is 0. The number of pyridine rings is 1. The minimum Gasteiger partial charge on any atom is -0.462 e. The molecule has 0 bridgehead atoms. The molecule has 2 heterocycles. The molecule has 1 unspecified atom stereocenters. The number of thioether (sulfide) groups is 1. The van der Waals surface area contributed by atoms with Crippen LogP contribution in [0.4, 0.5) is 4.79 Å². The van der Waals surface area contributed by atoms with Crippen molar-refractivity contribution in [3.05, 3.63) is 39.7 Å². The number of aromatic nitrogens is 1. The fourth-order valence-electron chi connectivity index (χ4n) is 4.01. The molecule has 0 fully saturated rings. The first kappa shape index (κ1) is 25.1. The maximum atomic E-state index is 13.2. The number of esters is 1. The molecule has 0 saturated carbocycles. The van der Waals surface area contributed by atoms with E-state index in [0.717, 1.165) is 28.8 Å². The molecule has 1 aromatic carbocycles. The summed E-state index contributed by atoms with van der Waals surface area (Å²) in [5.41, 5.74) is 1.27. The predicted octanol–water partition coefficient (Wildman–Crippen LogP) is 5.03. The third-order valence-electron chi connectivity index (χ3n) is 5.64. The molecule has 2 aromatic rings. The van der Waals surface area contributed by atoms with Crippen LogP contribution in [0.1, 0.15) is 69.9 Å². The van der Waals surface area contributed by atoms with Gasteiger partial charge in [0.15, 0.2) is 0 Å². The van der Waals surface area contributed by atoms with Gasteiger partial charge in [0.2, 0.25) is 5.43 Å². The standard InChI is InChI=1S/C25H34N2O5S/c1-7-26(24(30)32-25(4,5)6)11-12-33-18-13-17-10-9-16(3)27-15-20(23(29)31-8-2)22(28)19(14-18)21(17)27/h13-16H,7-12H2,1-6H3. The summed E-state index contributed by atoms with van der Waals surface area (Å²) in [6, 6.07) is 4.19. The smallest absolute Gasteiger partial charge is 0.410 e. The Bertz CT molecular complexity index is 1100. The Morgan fingerprint density at radius 2 is 1.97 bits per heavy atom. The van der Waals surface area contributed by atoms with Gasteiger partial charge in [-0.15, -0.1) is 11.8 Å². The Labute approximate surface area is 199 Å². The summed E-state index contributed by atoms with van der Waals surface area (Å²) in [4.78, 5) is 40.7. The molecular weight excluding hydrogens is 440 g/mol. The molecule has 8 heteroatoms. The Hall–Kier alpha value is -2.48. The van der Waals surface area contributed by atoms with Crippen LogP contribution < -0.4 is 5.43 Å². The molecule has 0 saturated heterocycles. The highest BCUT2D eigenvalue weighted by molar-refractivity contribution is 7.99. The quantitative estimate of drug-likeness (QED) is 0.414. The van der Waals surface area contributed by atoms with Gasteiger partial charge in [0.05, 0.1) is 12.1 Å². The van der Waals surface area contributed by atoms with Gasteiger partial charge in [0, 0.05) is 41.4 Å². The highest BCUT2D eigenvalue weighted by Crippen LogP contribution is 2.33. The zero-order chi connectivity index (χ0) is 24.3. The third-order valence-corrected chi connectivity index (χ3v) is 6.60. The van der Waals surface area contributed by atoms with Crippen LogP contribution >= 0.6 is 11.8 Å². The number of ether oxygens (including phenoxy) is 2. The zero-order valence-corrected chi connectivity index (χ0v) is 21.2. The van der Waals surface area contributed by atoms with E-state index in [1.54, 1.807) is 29.8 Å². The maximum Gasteiger partial charge on any atom is 0.410 e. The fraction of sp³-hybridized carbons (Fsp3) is 0.560. The minimum absolute atomic E-state index is 0.0771. The molecule has 0 spiro atoms. The van der Waals surface area contributed by atoms with E-state index in [0.29, 0.717) is 24.2 Å². The number of benzene rings is 1. The van der Waals surface area contributed by atoms with Gasteiger partial charge in [-0.2, -0.15) is 0 Å². The van der Waals surface area contributed by atoms with Gasteiger partial charge in [-0.3, -0.25) is 4.79 Å². The summed E-state index contributed by atoms with van der Waals surface area (Å²) < 4.78 is 12.6. The second-order valence-corrected chi connectivity index (χ2v) is 10.4. The van der Waals surface area contributed by atoms with E-state index in [2.05, 4.69) is 13.0 Å². The molecule has 7 nitrogen and oxygen atoms in total. The van der Waals surface area contributed by atoms with E-state index in [1.165, 1.54) is 0 Å². The average Bonchev–Trinajstić information content (AvgIpc) is 2.74. The van der Waals surface area contributed by atoms with E-state index in [-0.39, 0.29) is 29.7 Å². The van der Waals surface area contributed by atoms with Gasteiger partial charge in [0.25, 0.3) is 0 Å². The highest BCUT2D eigenvalue weighted by atomic mass is 32.2. The largest absolute Gasteiger partial charge is 0.462 e. The van der Waals surface area contributed by atoms with E-state index in [4.69, 9.17) is 9.47 Å². The summed E-state index contributed by atoms with van der Waals surface area (Å²) in [5, 5.41) is 0.548. The molecule has 1 aliphatic heterocycles. The lowest BCUT2D eigenvalue weighted by molar-refractivity contribution is 0.0272. The molecule has 180 valence electrons. The number of carbonyl (C=O) groups excluding carboxylic acids is 2. The molecule has 0 aliphatic carbocycles. The Kier molecular flexibility index (Phi) is 7.77. The summed E-state index contributed by atoms with van der Waals surface area (Å²) in [5.74, 6) is 0.0849. The Morgan fingerprint density at radius 3 is 2.61 bits per heavy atom. The van der Waals surface area contributed by atoms with Crippen molar-refractivity contribution < 1.29 is 19.1 Å². The normalized spacial score (nSPS) is 15.4. The second-order valence-electron chi connectivity index (χ2n) is 9.27. The lowest BCUT2D eigenvalue weighted by Gasteiger charge is -2.27. The summed E-state index contributed by atoms with van der Waals surface area (Å²) in [6.07, 6.45) is 3.14. The first-order valence-corrected chi connectivity index (χ1v) is 12.5. The van der Waals surface area contributed by atoms with Crippen molar-refractivity contribution in [1.82, 2.24) is 9.47 Å². The van der Waals surface area contributed by atoms with Crippen LogP contribution in [0.15, 0.2) is 28.0 Å². The molecule has 0 radical (unpaired) electrons. The Morgan fingerprint density at radius 1 is 1.24 bits per heavy atom. The topological polar surface area (TPSA) is 77.8 Å². The number of hydrogen-bond donors (Lipinski definition) is 0. The fourth-order valence-corrected chi connectivity index (χ4v) is 4.98. The minimum atomic E-state index is -0.582. The molecule has 3 rings (SSSR count). The number of carbonyl (C=O) groups is 2. The van der Waals surface area contributed by atoms with Crippen molar-refractivity contribution in [1.29, 1.82) is 0 Å². The Balaban J connectivity index is 1.88. The van der Waals surface area contributed by atoms with Gasteiger partial charge >= 0.3 is 12.1 Å². The number of amides is 1. The van der Waals surface area contributed by atoms with Crippen molar-refractivity contribution >= 4 is 34.7 Å². The second kappa shape index (κ2) is 10.2. The van der Waals surface area contributed by atoms with E-state index >= 15 is 0 Å². The first-order chi connectivity index (χ1) is 15.6.